The molecule has 2 heterocycles. The van der Waals surface area contributed by atoms with Crippen LogP contribution in [0.25, 0.3) is 0 Å². The van der Waals surface area contributed by atoms with Crippen LogP contribution < -0.4 is 14.8 Å². The molecule has 0 fully saturated rings. The number of para-hydroxylation sites is 1. The highest BCUT2D eigenvalue weighted by Crippen LogP contribution is 2.41. The number of nitrogens with one attached hydrogen (secondary N) is 1. The second kappa shape index (κ2) is 8.15. The van der Waals surface area contributed by atoms with Gasteiger partial charge in [-0.15, -0.1) is 0 Å². The van der Waals surface area contributed by atoms with Crippen LogP contribution in [0.5, 0.6) is 11.5 Å². The second-order valence-corrected chi connectivity index (χ2v) is 7.94. The molecule has 0 saturated carbocycles. The van der Waals surface area contributed by atoms with E-state index >= 15 is 0 Å². The lowest BCUT2D eigenvalue weighted by Crippen LogP contribution is -2.40. The van der Waals surface area contributed by atoms with Crippen LogP contribution in [0, 0.1) is 11.8 Å². The van der Waals surface area contributed by atoms with Crippen molar-refractivity contribution in [1.29, 1.82) is 0 Å². The lowest BCUT2D eigenvalue weighted by molar-refractivity contribution is -0.121. The van der Waals surface area contributed by atoms with Crippen molar-refractivity contribution in [1.82, 2.24) is 10.2 Å². The van der Waals surface area contributed by atoms with Crippen molar-refractivity contribution in [2.45, 2.75) is 25.9 Å². The van der Waals surface area contributed by atoms with E-state index in [1.165, 1.54) is 0 Å². The van der Waals surface area contributed by atoms with Gasteiger partial charge in [0.1, 0.15) is 18.8 Å². The van der Waals surface area contributed by atoms with Crippen molar-refractivity contribution in [2.75, 3.05) is 19.7 Å². The minimum absolute atomic E-state index is 0.0851. The van der Waals surface area contributed by atoms with Gasteiger partial charge in [0.2, 0.25) is 5.91 Å². The Balaban J connectivity index is 1.24. The first-order valence-corrected chi connectivity index (χ1v) is 9.97. The van der Waals surface area contributed by atoms with Gasteiger partial charge >= 0.3 is 0 Å². The van der Waals surface area contributed by atoms with Crippen LogP contribution in [-0.4, -0.2) is 47.9 Å². The summed E-state index contributed by atoms with van der Waals surface area (Å²) in [5, 5.41) is 2.59. The maximum atomic E-state index is 12.3. The third kappa shape index (κ3) is 4.24. The minimum atomic E-state index is -0.462. The Morgan fingerprint density at radius 2 is 1.81 bits per heavy atom. The summed E-state index contributed by atoms with van der Waals surface area (Å²) < 4.78 is 11.7. The number of imide groups is 1. The van der Waals surface area contributed by atoms with E-state index in [-0.39, 0.29) is 25.3 Å². The van der Waals surface area contributed by atoms with Crippen molar-refractivity contribution in [3.05, 3.63) is 59.2 Å². The van der Waals surface area contributed by atoms with Crippen LogP contribution in [-0.2, 0) is 11.2 Å². The molecule has 2 aromatic carbocycles. The molecule has 0 radical (unpaired) electrons. The Kier molecular flexibility index (Phi) is 5.38. The summed E-state index contributed by atoms with van der Waals surface area (Å²) in [7, 11) is 0. The van der Waals surface area contributed by atoms with Crippen LogP contribution in [0.15, 0.2) is 42.5 Å². The third-order valence-electron chi connectivity index (χ3n) is 5.03. The van der Waals surface area contributed by atoms with Crippen LogP contribution in [0.2, 0.25) is 0 Å². The van der Waals surface area contributed by atoms with Gasteiger partial charge in [0.15, 0.2) is 11.5 Å². The molecule has 0 aliphatic carbocycles. The Morgan fingerprint density at radius 3 is 2.52 bits per heavy atom. The number of hydrogen-bond acceptors (Lipinski definition) is 5. The first kappa shape index (κ1) is 20.5. The van der Waals surface area contributed by atoms with Gasteiger partial charge in [-0.05, 0) is 32.0 Å². The maximum absolute atomic E-state index is 12.3. The highest BCUT2D eigenvalue weighted by molar-refractivity contribution is 6.22. The van der Waals surface area contributed by atoms with E-state index < -0.39 is 17.7 Å². The maximum Gasteiger partial charge on any atom is 0.262 e. The quantitative estimate of drug-likeness (QED) is 0.594. The molecule has 158 valence electrons. The predicted octanol–water partition coefficient (Wildman–Crippen LogP) is 2.19. The standard InChI is InChI=1S/C24H22N2O5/c1-24(2)14-16-8-7-11-19(21(16)31-24)30-13-6-5-12-25-20(27)15-26-22(28)17-9-3-4-10-18(17)23(26)29/h3-4,7-11H,12-15H2,1-2H3,(H,25,27). The molecule has 2 aliphatic heterocycles. The number of nitrogens with zero attached hydrogens (tertiary/aromatic N) is 1. The normalized spacial score (nSPS) is 15.5. The Morgan fingerprint density at radius 1 is 1.10 bits per heavy atom. The predicted molar refractivity (Wildman–Crippen MR) is 113 cm³/mol. The first-order chi connectivity index (χ1) is 14.9. The number of hydrogen-bond donors (Lipinski definition) is 1. The van der Waals surface area contributed by atoms with Gasteiger partial charge < -0.3 is 14.8 Å². The minimum Gasteiger partial charge on any atom is -0.483 e. The van der Waals surface area contributed by atoms with E-state index in [9.17, 15) is 14.4 Å². The number of carbonyl (C=O) groups excluding carboxylic acids is 3. The molecule has 0 saturated heterocycles. The molecule has 0 aromatic heterocycles. The molecule has 2 aliphatic rings. The summed E-state index contributed by atoms with van der Waals surface area (Å²) in [4.78, 5) is 37.6. The number of ether oxygens (including phenoxy) is 2. The smallest absolute Gasteiger partial charge is 0.262 e. The highest BCUT2D eigenvalue weighted by Gasteiger charge is 2.36. The van der Waals surface area contributed by atoms with Crippen molar-refractivity contribution in [2.24, 2.45) is 0 Å². The summed E-state index contributed by atoms with van der Waals surface area (Å²) in [5.74, 6) is 5.65. The van der Waals surface area contributed by atoms with Crippen LogP contribution in [0.1, 0.15) is 40.1 Å². The summed E-state index contributed by atoms with van der Waals surface area (Å²) in [6, 6.07) is 12.3. The summed E-state index contributed by atoms with van der Waals surface area (Å²) in [6.07, 6.45) is 0.824. The zero-order chi connectivity index (χ0) is 22.0. The summed E-state index contributed by atoms with van der Waals surface area (Å²) in [5.41, 5.74) is 1.49. The summed E-state index contributed by atoms with van der Waals surface area (Å²) in [6.45, 7) is 3.95. The molecule has 3 amide bonds. The van der Waals surface area contributed by atoms with E-state index in [2.05, 4.69) is 17.2 Å². The van der Waals surface area contributed by atoms with E-state index in [1.54, 1.807) is 24.3 Å². The van der Waals surface area contributed by atoms with E-state index in [0.717, 1.165) is 22.6 Å². The fourth-order valence-electron chi connectivity index (χ4n) is 3.65. The van der Waals surface area contributed by atoms with Crippen LogP contribution in [0.4, 0.5) is 0 Å². The van der Waals surface area contributed by atoms with Gasteiger partial charge in [-0.2, -0.15) is 0 Å². The van der Waals surface area contributed by atoms with Crippen molar-refractivity contribution in [3.8, 4) is 23.3 Å². The molecule has 7 nitrogen and oxygen atoms in total. The topological polar surface area (TPSA) is 84.9 Å². The lowest BCUT2D eigenvalue weighted by Gasteiger charge is -2.17. The van der Waals surface area contributed by atoms with E-state index in [1.807, 2.05) is 32.0 Å². The SMILES string of the molecule is CC1(C)Cc2cccc(OCC#CCNC(=O)CN3C(=O)c4ccccc4C3=O)c2O1. The highest BCUT2D eigenvalue weighted by atomic mass is 16.5. The molecular formula is C24H22N2O5. The molecule has 0 atom stereocenters. The number of amides is 3. The number of rotatable bonds is 5. The van der Waals surface area contributed by atoms with Crippen molar-refractivity contribution in [3.63, 3.8) is 0 Å². The number of fused-ring (bicyclic) bond motifs is 2. The molecule has 4 rings (SSSR count). The van der Waals surface area contributed by atoms with Gasteiger partial charge in [-0.1, -0.05) is 36.1 Å². The average Bonchev–Trinajstić information content (AvgIpc) is 3.19. The fourth-order valence-corrected chi connectivity index (χ4v) is 3.65. The number of benzene rings is 2. The first-order valence-electron chi connectivity index (χ1n) is 9.97. The molecule has 31 heavy (non-hydrogen) atoms. The van der Waals surface area contributed by atoms with Crippen LogP contribution in [0.3, 0.4) is 0 Å². The largest absolute Gasteiger partial charge is 0.483 e. The zero-order valence-corrected chi connectivity index (χ0v) is 17.4. The Labute approximate surface area is 180 Å². The van der Waals surface area contributed by atoms with Gasteiger partial charge in [-0.25, -0.2) is 0 Å². The van der Waals surface area contributed by atoms with Crippen molar-refractivity contribution < 1.29 is 23.9 Å². The van der Waals surface area contributed by atoms with Gasteiger partial charge in [0, 0.05) is 12.0 Å². The molecule has 1 N–H and O–H groups in total. The van der Waals surface area contributed by atoms with Crippen LogP contribution >= 0.6 is 0 Å². The summed E-state index contributed by atoms with van der Waals surface area (Å²) >= 11 is 0. The van der Waals surface area contributed by atoms with Gasteiger partial charge in [-0.3, -0.25) is 19.3 Å². The monoisotopic (exact) mass is 418 g/mol. The molecule has 7 heteroatoms. The van der Waals surface area contributed by atoms with E-state index in [0.29, 0.717) is 16.9 Å². The lowest BCUT2D eigenvalue weighted by atomic mass is 10.0. The molecule has 0 spiro atoms. The number of carbonyl (C=O) groups is 3. The molecule has 0 bridgehead atoms. The average molecular weight is 418 g/mol. The molecule has 0 unspecified atom stereocenters. The fraction of sp³-hybridized carbons (Fsp3) is 0.292. The third-order valence-corrected chi connectivity index (χ3v) is 5.03. The Hall–Kier alpha value is -3.79. The second-order valence-electron chi connectivity index (χ2n) is 7.94. The van der Waals surface area contributed by atoms with Gasteiger partial charge in [0.05, 0.1) is 17.7 Å². The van der Waals surface area contributed by atoms with Gasteiger partial charge in [0.25, 0.3) is 11.8 Å². The van der Waals surface area contributed by atoms with E-state index in [4.69, 9.17) is 9.47 Å². The molecule has 2 aromatic rings. The zero-order valence-electron chi connectivity index (χ0n) is 17.4. The van der Waals surface area contributed by atoms with Crippen molar-refractivity contribution >= 4 is 17.7 Å². The molecular weight excluding hydrogens is 396 g/mol. The Bertz CT molecular complexity index is 1090.